The molecule has 2 N–H and O–H groups in total. The number of aromatic nitrogens is 2. The fourth-order valence-electron chi connectivity index (χ4n) is 3.83. The molecule has 1 aromatic carbocycles. The molecule has 2 aromatic rings. The van der Waals surface area contributed by atoms with Gasteiger partial charge in [-0.3, -0.25) is 5.10 Å². The van der Waals surface area contributed by atoms with Gasteiger partial charge in [-0.05, 0) is 23.5 Å². The Bertz CT molecular complexity index is 756. The molecule has 0 radical (unpaired) electrons. The summed E-state index contributed by atoms with van der Waals surface area (Å²) in [6.45, 7) is 6.12. The lowest BCUT2D eigenvalue weighted by Crippen LogP contribution is -2.42. The summed E-state index contributed by atoms with van der Waals surface area (Å²) in [5.41, 5.74) is 3.22. The summed E-state index contributed by atoms with van der Waals surface area (Å²) in [7, 11) is 3.49. The number of amides is 2. The second-order valence-electron chi connectivity index (χ2n) is 7.84. The molecule has 140 valence electrons. The maximum Gasteiger partial charge on any atom is 0.317 e. The standard InChI is InChI=1S/C20H28N4O2/c1-19(2)13-20(19,15-8-6-5-7-9-15)14-24(3)18(25)21-11-16-10-17(12-26-4)23-22-16/h5-10H,11-14H2,1-4H3,(H,21,25)(H,22,23)/t20-/m1/s1. The first-order chi connectivity index (χ1) is 12.4. The van der Waals surface area contributed by atoms with Crippen LogP contribution >= 0.6 is 0 Å². The van der Waals surface area contributed by atoms with Crippen molar-refractivity contribution in [1.82, 2.24) is 20.4 Å². The monoisotopic (exact) mass is 356 g/mol. The maximum atomic E-state index is 12.6. The fraction of sp³-hybridized carbons (Fsp3) is 0.500. The molecule has 0 saturated heterocycles. The van der Waals surface area contributed by atoms with Crippen LogP contribution in [0.15, 0.2) is 36.4 Å². The Morgan fingerprint density at radius 3 is 2.65 bits per heavy atom. The summed E-state index contributed by atoms with van der Waals surface area (Å²) >= 11 is 0. The van der Waals surface area contributed by atoms with E-state index in [1.54, 1.807) is 12.0 Å². The SMILES string of the molecule is COCc1cc(CNC(=O)N(C)C[C@@]2(c3ccccc3)CC2(C)C)[nH]n1. The number of urea groups is 1. The van der Waals surface area contributed by atoms with Crippen LogP contribution in [0.2, 0.25) is 0 Å². The maximum absolute atomic E-state index is 12.6. The van der Waals surface area contributed by atoms with Crippen LogP contribution in [0.1, 0.15) is 37.2 Å². The molecule has 26 heavy (non-hydrogen) atoms. The van der Waals surface area contributed by atoms with Gasteiger partial charge in [0.05, 0.1) is 24.5 Å². The van der Waals surface area contributed by atoms with Crippen LogP contribution in [0.3, 0.4) is 0 Å². The Kier molecular flexibility index (Phi) is 5.05. The number of hydrogen-bond acceptors (Lipinski definition) is 3. The molecule has 2 amide bonds. The molecule has 6 nitrogen and oxygen atoms in total. The number of hydrogen-bond donors (Lipinski definition) is 2. The van der Waals surface area contributed by atoms with Gasteiger partial charge in [-0.2, -0.15) is 5.10 Å². The van der Waals surface area contributed by atoms with Crippen molar-refractivity contribution in [3.05, 3.63) is 53.3 Å². The Morgan fingerprint density at radius 2 is 2.04 bits per heavy atom. The van der Waals surface area contributed by atoms with Gasteiger partial charge in [0.2, 0.25) is 0 Å². The third-order valence-electron chi connectivity index (χ3n) is 5.50. The molecular weight excluding hydrogens is 328 g/mol. The summed E-state index contributed by atoms with van der Waals surface area (Å²) < 4.78 is 5.05. The first kappa shape index (κ1) is 18.5. The van der Waals surface area contributed by atoms with Crippen molar-refractivity contribution in [3.63, 3.8) is 0 Å². The lowest BCUT2D eigenvalue weighted by molar-refractivity contribution is 0.181. The van der Waals surface area contributed by atoms with Gasteiger partial charge in [0, 0.05) is 26.1 Å². The van der Waals surface area contributed by atoms with Gasteiger partial charge in [-0.1, -0.05) is 44.2 Å². The van der Waals surface area contributed by atoms with Crippen molar-refractivity contribution in [3.8, 4) is 0 Å². The zero-order valence-corrected chi connectivity index (χ0v) is 16.0. The Hall–Kier alpha value is -2.34. The molecule has 1 atom stereocenters. The van der Waals surface area contributed by atoms with Crippen molar-refractivity contribution in [2.45, 2.75) is 38.8 Å². The number of benzene rings is 1. The van der Waals surface area contributed by atoms with E-state index in [1.165, 1.54) is 5.56 Å². The van der Waals surface area contributed by atoms with E-state index in [9.17, 15) is 4.79 Å². The van der Waals surface area contributed by atoms with Crippen LogP contribution in [-0.2, 0) is 23.3 Å². The number of ether oxygens (including phenoxy) is 1. The largest absolute Gasteiger partial charge is 0.378 e. The highest BCUT2D eigenvalue weighted by Crippen LogP contribution is 2.64. The molecule has 1 fully saturated rings. The lowest BCUT2D eigenvalue weighted by atomic mass is 9.87. The van der Waals surface area contributed by atoms with E-state index in [0.717, 1.165) is 17.8 Å². The van der Waals surface area contributed by atoms with Gasteiger partial charge < -0.3 is 15.0 Å². The van der Waals surface area contributed by atoms with Gasteiger partial charge >= 0.3 is 6.03 Å². The van der Waals surface area contributed by atoms with Crippen molar-refractivity contribution in [1.29, 1.82) is 0 Å². The fourth-order valence-corrected chi connectivity index (χ4v) is 3.83. The van der Waals surface area contributed by atoms with Crippen molar-refractivity contribution >= 4 is 6.03 Å². The highest BCUT2D eigenvalue weighted by Gasteiger charge is 2.62. The second-order valence-corrected chi connectivity index (χ2v) is 7.84. The third-order valence-corrected chi connectivity index (χ3v) is 5.50. The van der Waals surface area contributed by atoms with Crippen LogP contribution in [-0.4, -0.2) is 41.8 Å². The summed E-state index contributed by atoms with van der Waals surface area (Å²) in [4.78, 5) is 14.3. The minimum absolute atomic E-state index is 0.0277. The number of rotatable bonds is 7. The first-order valence-corrected chi connectivity index (χ1v) is 8.94. The normalized spacial score (nSPS) is 20.6. The zero-order valence-electron chi connectivity index (χ0n) is 16.0. The summed E-state index contributed by atoms with van der Waals surface area (Å²) in [5, 5.41) is 10.0. The van der Waals surface area contributed by atoms with E-state index in [4.69, 9.17) is 4.74 Å². The number of likely N-dealkylation sites (N-methyl/N-ethyl adjacent to an activating group) is 1. The third kappa shape index (κ3) is 3.60. The van der Waals surface area contributed by atoms with E-state index < -0.39 is 0 Å². The second kappa shape index (κ2) is 7.11. The molecule has 6 heteroatoms. The Labute approximate surface area is 154 Å². The number of H-pyrrole nitrogens is 1. The minimum Gasteiger partial charge on any atom is -0.378 e. The molecule has 0 unspecified atom stereocenters. The van der Waals surface area contributed by atoms with Crippen LogP contribution in [0, 0.1) is 5.41 Å². The Balaban J connectivity index is 1.59. The number of aromatic amines is 1. The molecule has 0 bridgehead atoms. The van der Waals surface area contributed by atoms with Gasteiger partial charge in [0.15, 0.2) is 0 Å². The number of methoxy groups -OCH3 is 1. The van der Waals surface area contributed by atoms with E-state index in [0.29, 0.717) is 19.7 Å². The van der Waals surface area contributed by atoms with Crippen LogP contribution < -0.4 is 5.32 Å². The molecule has 0 aliphatic heterocycles. The molecule has 1 heterocycles. The van der Waals surface area contributed by atoms with Gasteiger partial charge in [-0.25, -0.2) is 4.79 Å². The lowest BCUT2D eigenvalue weighted by Gasteiger charge is -2.27. The minimum atomic E-state index is -0.0779. The predicted octanol–water partition coefficient (Wildman–Crippen LogP) is 3.07. The van der Waals surface area contributed by atoms with Crippen LogP contribution in [0.4, 0.5) is 4.79 Å². The van der Waals surface area contributed by atoms with Crippen LogP contribution in [0.5, 0.6) is 0 Å². The van der Waals surface area contributed by atoms with Crippen molar-refractivity contribution < 1.29 is 9.53 Å². The molecule has 0 spiro atoms. The molecule has 3 rings (SSSR count). The summed E-state index contributed by atoms with van der Waals surface area (Å²) in [5.74, 6) is 0. The molecule has 1 aromatic heterocycles. The number of nitrogens with one attached hydrogen (secondary N) is 2. The van der Waals surface area contributed by atoms with Crippen molar-refractivity contribution in [2.75, 3.05) is 20.7 Å². The quantitative estimate of drug-likeness (QED) is 0.801. The number of nitrogens with zero attached hydrogens (tertiary/aromatic N) is 2. The number of carbonyl (C=O) groups is 1. The summed E-state index contributed by atoms with van der Waals surface area (Å²) in [6.07, 6.45) is 1.09. The topological polar surface area (TPSA) is 70.2 Å². The van der Waals surface area contributed by atoms with Crippen LogP contribution in [0.25, 0.3) is 0 Å². The molecule has 1 saturated carbocycles. The summed E-state index contributed by atoms with van der Waals surface area (Å²) in [6, 6.07) is 12.3. The highest BCUT2D eigenvalue weighted by molar-refractivity contribution is 5.74. The zero-order chi connectivity index (χ0) is 18.8. The van der Waals surface area contributed by atoms with Crippen molar-refractivity contribution in [2.24, 2.45) is 5.41 Å². The van der Waals surface area contributed by atoms with Gasteiger partial charge in [0.1, 0.15) is 0 Å². The van der Waals surface area contributed by atoms with E-state index >= 15 is 0 Å². The smallest absolute Gasteiger partial charge is 0.317 e. The Morgan fingerprint density at radius 1 is 1.35 bits per heavy atom. The average molecular weight is 356 g/mol. The van der Waals surface area contributed by atoms with E-state index in [1.807, 2.05) is 19.2 Å². The first-order valence-electron chi connectivity index (χ1n) is 8.94. The van der Waals surface area contributed by atoms with E-state index in [-0.39, 0.29) is 16.9 Å². The molecule has 1 aliphatic carbocycles. The molecule has 1 aliphatic rings. The molecular formula is C20H28N4O2. The van der Waals surface area contributed by atoms with Gasteiger partial charge in [-0.15, -0.1) is 0 Å². The van der Waals surface area contributed by atoms with Gasteiger partial charge in [0.25, 0.3) is 0 Å². The number of carbonyl (C=O) groups excluding carboxylic acids is 1. The predicted molar refractivity (Wildman–Crippen MR) is 101 cm³/mol. The van der Waals surface area contributed by atoms with E-state index in [2.05, 4.69) is 53.6 Å². The highest BCUT2D eigenvalue weighted by atomic mass is 16.5. The average Bonchev–Trinajstić information content (AvgIpc) is 2.94.